The maximum atomic E-state index is 8.73. The van der Waals surface area contributed by atoms with E-state index in [0.717, 1.165) is 19.3 Å². The highest BCUT2D eigenvalue weighted by atomic mass is 31.1. The van der Waals surface area contributed by atoms with Gasteiger partial charge in [0.15, 0.2) is 0 Å². The Kier molecular flexibility index (Phi) is 10.2. The van der Waals surface area contributed by atoms with Gasteiger partial charge in [-0.15, -0.1) is 0 Å². The molecule has 0 radical (unpaired) electrons. The molecule has 4 heteroatoms. The average molecular weight is 277 g/mol. The second-order valence-electron chi connectivity index (χ2n) is 5.08. The van der Waals surface area contributed by atoms with Gasteiger partial charge in [0, 0.05) is 19.3 Å². The molecule has 0 amide bonds. The first-order valence-electron chi connectivity index (χ1n) is 6.96. The normalized spacial score (nSPS) is 16.4. The summed E-state index contributed by atoms with van der Waals surface area (Å²) in [5.74, 6) is 0. The van der Waals surface area contributed by atoms with Crippen LogP contribution in [0.3, 0.4) is 0 Å². The molecule has 0 aliphatic carbocycles. The van der Waals surface area contributed by atoms with Gasteiger partial charge < -0.3 is 0 Å². The highest BCUT2D eigenvalue weighted by Crippen LogP contribution is 2.54. The van der Waals surface area contributed by atoms with E-state index in [0.29, 0.717) is 36.2 Å². The quantitative estimate of drug-likeness (QED) is 0.580. The number of nitriles is 3. The van der Waals surface area contributed by atoms with Crippen molar-refractivity contribution in [2.45, 2.75) is 76.3 Å². The average Bonchev–Trinajstić information content (AvgIpc) is 2.40. The molecule has 19 heavy (non-hydrogen) atoms. The van der Waals surface area contributed by atoms with Crippen LogP contribution < -0.4 is 0 Å². The molecule has 0 aliphatic rings. The monoisotopic (exact) mass is 277 g/mol. The summed E-state index contributed by atoms with van der Waals surface area (Å²) < 4.78 is 0. The first-order valence-corrected chi connectivity index (χ1v) is 8.51. The third-order valence-corrected chi connectivity index (χ3v) is 7.38. The lowest BCUT2D eigenvalue weighted by Crippen LogP contribution is -2.18. The van der Waals surface area contributed by atoms with Gasteiger partial charge in [-0.3, -0.25) is 0 Å². The Balaban J connectivity index is 4.67. The highest BCUT2D eigenvalue weighted by molar-refractivity contribution is 7.59. The van der Waals surface area contributed by atoms with Crippen molar-refractivity contribution in [2.24, 2.45) is 0 Å². The zero-order valence-electron chi connectivity index (χ0n) is 12.3. The minimum atomic E-state index is -0.232. The van der Waals surface area contributed by atoms with Gasteiger partial charge in [0.1, 0.15) is 0 Å². The SMILES string of the molecule is CC(CCC#N)P(C(C)CCC#N)C(C)CCC#N. The molecule has 0 aromatic rings. The largest absolute Gasteiger partial charge is 0.198 e. The van der Waals surface area contributed by atoms with Crippen molar-refractivity contribution >= 4 is 7.92 Å². The molecular formula is C15H24N3P. The predicted octanol–water partition coefficient (Wildman–Crippen LogP) is 4.55. The summed E-state index contributed by atoms with van der Waals surface area (Å²) in [5.41, 5.74) is 1.62. The molecule has 104 valence electrons. The van der Waals surface area contributed by atoms with Crippen LogP contribution in [0.5, 0.6) is 0 Å². The van der Waals surface area contributed by atoms with Gasteiger partial charge in [-0.2, -0.15) is 15.8 Å². The minimum absolute atomic E-state index is 0.232. The van der Waals surface area contributed by atoms with E-state index in [9.17, 15) is 0 Å². The van der Waals surface area contributed by atoms with Crippen molar-refractivity contribution in [2.75, 3.05) is 0 Å². The fourth-order valence-electron chi connectivity index (χ4n) is 2.57. The zero-order chi connectivity index (χ0) is 14.7. The molecule has 0 aromatic carbocycles. The molecule has 3 unspecified atom stereocenters. The molecule has 0 saturated carbocycles. The highest BCUT2D eigenvalue weighted by Gasteiger charge is 2.27. The summed E-state index contributed by atoms with van der Waals surface area (Å²) in [5, 5.41) is 26.2. The lowest BCUT2D eigenvalue weighted by Gasteiger charge is -2.35. The Hall–Kier alpha value is -1.10. The molecule has 0 spiro atoms. The Bertz CT molecular complexity index is 304. The first kappa shape index (κ1) is 17.9. The van der Waals surface area contributed by atoms with E-state index < -0.39 is 0 Å². The van der Waals surface area contributed by atoms with Crippen LogP contribution in [-0.4, -0.2) is 17.0 Å². The van der Waals surface area contributed by atoms with Crippen LogP contribution in [-0.2, 0) is 0 Å². The maximum absolute atomic E-state index is 8.73. The Morgan fingerprint density at radius 1 is 0.684 bits per heavy atom. The Labute approximate surface area is 119 Å². The van der Waals surface area contributed by atoms with Crippen LogP contribution in [0.1, 0.15) is 59.3 Å². The van der Waals surface area contributed by atoms with Crippen molar-refractivity contribution in [3.63, 3.8) is 0 Å². The second kappa shape index (κ2) is 10.8. The summed E-state index contributed by atoms with van der Waals surface area (Å²) in [6.07, 6.45) is 4.64. The van der Waals surface area contributed by atoms with Crippen molar-refractivity contribution in [3.8, 4) is 18.2 Å². The summed E-state index contributed by atoms with van der Waals surface area (Å²) in [4.78, 5) is 0. The number of nitrogens with zero attached hydrogens (tertiary/aromatic N) is 3. The molecule has 0 N–H and O–H groups in total. The van der Waals surface area contributed by atoms with Crippen LogP contribution in [0.25, 0.3) is 0 Å². The van der Waals surface area contributed by atoms with Gasteiger partial charge >= 0.3 is 0 Å². The lowest BCUT2D eigenvalue weighted by molar-refractivity contribution is 0.737. The van der Waals surface area contributed by atoms with Gasteiger partial charge in [0.2, 0.25) is 0 Å². The third kappa shape index (κ3) is 7.15. The van der Waals surface area contributed by atoms with Crippen LogP contribution in [0.2, 0.25) is 0 Å². The Morgan fingerprint density at radius 3 is 1.16 bits per heavy atom. The van der Waals surface area contributed by atoms with Crippen LogP contribution in [0.15, 0.2) is 0 Å². The number of hydrogen-bond donors (Lipinski definition) is 0. The summed E-state index contributed by atoms with van der Waals surface area (Å²) in [7, 11) is -0.232. The first-order chi connectivity index (χ1) is 9.08. The van der Waals surface area contributed by atoms with Crippen LogP contribution in [0, 0.1) is 34.0 Å². The maximum Gasteiger partial charge on any atom is 0.0621 e. The van der Waals surface area contributed by atoms with Gasteiger partial charge in [-0.25, -0.2) is 0 Å². The van der Waals surface area contributed by atoms with E-state index in [1.54, 1.807) is 0 Å². The van der Waals surface area contributed by atoms with E-state index in [4.69, 9.17) is 15.8 Å². The molecule has 3 nitrogen and oxygen atoms in total. The minimum Gasteiger partial charge on any atom is -0.198 e. The molecule has 0 rings (SSSR count). The van der Waals surface area contributed by atoms with Crippen molar-refractivity contribution in [1.29, 1.82) is 15.8 Å². The van der Waals surface area contributed by atoms with E-state index in [1.165, 1.54) is 0 Å². The van der Waals surface area contributed by atoms with Gasteiger partial charge in [0.25, 0.3) is 0 Å². The van der Waals surface area contributed by atoms with Crippen LogP contribution in [0.4, 0.5) is 0 Å². The van der Waals surface area contributed by atoms with Crippen molar-refractivity contribution in [1.82, 2.24) is 0 Å². The summed E-state index contributed by atoms with van der Waals surface area (Å²) >= 11 is 0. The predicted molar refractivity (Wildman–Crippen MR) is 79.8 cm³/mol. The molecule has 0 heterocycles. The molecule has 0 fully saturated rings. The third-order valence-electron chi connectivity index (χ3n) is 3.55. The van der Waals surface area contributed by atoms with Gasteiger partial charge in [-0.1, -0.05) is 28.7 Å². The van der Waals surface area contributed by atoms with E-state index in [1.807, 2.05) is 0 Å². The zero-order valence-corrected chi connectivity index (χ0v) is 13.2. The van der Waals surface area contributed by atoms with Crippen molar-refractivity contribution < 1.29 is 0 Å². The molecule has 0 saturated heterocycles. The number of hydrogen-bond acceptors (Lipinski definition) is 3. The standard InChI is InChI=1S/C15H24N3P/c1-13(7-4-10-16)19(14(2)8-5-11-17)15(3)9-6-12-18/h13-15H,4-9H2,1-3H3. The molecule has 0 aliphatic heterocycles. The van der Waals surface area contributed by atoms with Crippen molar-refractivity contribution in [3.05, 3.63) is 0 Å². The fraction of sp³-hybridized carbons (Fsp3) is 0.800. The van der Waals surface area contributed by atoms with E-state index in [-0.39, 0.29) is 7.92 Å². The fourth-order valence-corrected chi connectivity index (χ4v) is 6.46. The molecule has 3 atom stereocenters. The summed E-state index contributed by atoms with van der Waals surface area (Å²) in [6.45, 7) is 6.69. The smallest absolute Gasteiger partial charge is 0.0621 e. The van der Waals surface area contributed by atoms with Gasteiger partial charge in [-0.05, 0) is 36.2 Å². The molecule has 0 aromatic heterocycles. The van der Waals surface area contributed by atoms with Crippen LogP contribution >= 0.6 is 7.92 Å². The molecule has 0 bridgehead atoms. The van der Waals surface area contributed by atoms with Gasteiger partial charge in [0.05, 0.1) is 18.2 Å². The number of rotatable bonds is 9. The Morgan fingerprint density at radius 2 is 0.947 bits per heavy atom. The second-order valence-corrected chi connectivity index (χ2v) is 8.62. The lowest BCUT2D eigenvalue weighted by atomic mass is 10.2. The van der Waals surface area contributed by atoms with E-state index in [2.05, 4.69) is 39.0 Å². The summed E-state index contributed by atoms with van der Waals surface area (Å²) in [6, 6.07) is 6.67. The van der Waals surface area contributed by atoms with E-state index >= 15 is 0 Å². The topological polar surface area (TPSA) is 71.4 Å². The molecular weight excluding hydrogens is 253 g/mol.